The third-order valence-electron chi connectivity index (χ3n) is 3.30. The fourth-order valence-corrected chi connectivity index (χ4v) is 2.50. The van der Waals surface area contributed by atoms with Crippen LogP contribution in [-0.4, -0.2) is 29.0 Å². The van der Waals surface area contributed by atoms with Gasteiger partial charge in [0, 0.05) is 19.2 Å². The minimum absolute atomic E-state index is 0.363. The third-order valence-corrected chi connectivity index (χ3v) is 3.30. The van der Waals surface area contributed by atoms with Crippen LogP contribution in [0, 0.1) is 5.92 Å². The third kappa shape index (κ3) is 2.28. The Labute approximate surface area is 97.0 Å². The minimum Gasteiger partial charge on any atom is -0.378 e. The topological polar surface area (TPSA) is 39.1 Å². The molecule has 1 aliphatic heterocycles. The summed E-state index contributed by atoms with van der Waals surface area (Å²) in [6.07, 6.45) is 3.38. The number of rotatable bonds is 4. The molecule has 2 rings (SSSR count). The molecule has 90 valence electrons. The van der Waals surface area contributed by atoms with Crippen LogP contribution in [0.3, 0.4) is 0 Å². The first-order valence-corrected chi connectivity index (χ1v) is 6.05. The van der Waals surface area contributed by atoms with E-state index in [1.54, 1.807) is 0 Å². The van der Waals surface area contributed by atoms with Crippen LogP contribution in [0.2, 0.25) is 0 Å². The molecular weight excluding hydrogens is 202 g/mol. The van der Waals surface area contributed by atoms with Gasteiger partial charge in [0.1, 0.15) is 0 Å². The van der Waals surface area contributed by atoms with Crippen LogP contribution in [0.1, 0.15) is 32.0 Å². The molecule has 2 heterocycles. The lowest BCUT2D eigenvalue weighted by Crippen LogP contribution is -2.30. The molecule has 1 aliphatic rings. The zero-order valence-electron chi connectivity index (χ0n) is 10.3. The predicted molar refractivity (Wildman–Crippen MR) is 63.1 cm³/mol. The van der Waals surface area contributed by atoms with E-state index in [-0.39, 0.29) is 0 Å². The smallest absolute Gasteiger partial charge is 0.0554 e. The van der Waals surface area contributed by atoms with E-state index in [4.69, 9.17) is 4.74 Å². The van der Waals surface area contributed by atoms with Gasteiger partial charge in [-0.15, -0.1) is 0 Å². The van der Waals surface area contributed by atoms with E-state index in [0.717, 1.165) is 19.6 Å². The molecule has 1 N–H and O–H groups in total. The number of aryl methyl sites for hydroxylation is 1. The fraction of sp³-hybridized carbons (Fsp3) is 0.750. The maximum absolute atomic E-state index is 5.66. The molecule has 4 heteroatoms. The van der Waals surface area contributed by atoms with E-state index in [9.17, 15) is 0 Å². The molecule has 0 radical (unpaired) electrons. The first-order valence-electron chi connectivity index (χ1n) is 6.05. The zero-order valence-corrected chi connectivity index (χ0v) is 10.3. The SMILES string of the molecule is CCNC(c1ccnn1C)C1COC(C)C1. The van der Waals surface area contributed by atoms with Crippen molar-refractivity contribution >= 4 is 0 Å². The molecular formula is C12H21N3O. The molecule has 0 bridgehead atoms. The van der Waals surface area contributed by atoms with Crippen molar-refractivity contribution < 1.29 is 4.74 Å². The van der Waals surface area contributed by atoms with Crippen molar-refractivity contribution in [2.24, 2.45) is 13.0 Å². The van der Waals surface area contributed by atoms with Crippen LogP contribution in [0.15, 0.2) is 12.3 Å². The Morgan fingerprint density at radius 3 is 3.00 bits per heavy atom. The van der Waals surface area contributed by atoms with Crippen molar-refractivity contribution in [1.82, 2.24) is 15.1 Å². The van der Waals surface area contributed by atoms with Gasteiger partial charge in [-0.05, 0) is 26.0 Å². The molecule has 0 spiro atoms. The highest BCUT2D eigenvalue weighted by atomic mass is 16.5. The maximum atomic E-state index is 5.66. The van der Waals surface area contributed by atoms with E-state index in [0.29, 0.717) is 18.1 Å². The lowest BCUT2D eigenvalue weighted by atomic mass is 9.94. The van der Waals surface area contributed by atoms with Crippen molar-refractivity contribution in [3.8, 4) is 0 Å². The number of ether oxygens (including phenoxy) is 1. The normalized spacial score (nSPS) is 27.2. The molecule has 0 amide bonds. The summed E-state index contributed by atoms with van der Waals surface area (Å²) in [5.74, 6) is 0.561. The van der Waals surface area contributed by atoms with E-state index in [2.05, 4.69) is 30.3 Å². The van der Waals surface area contributed by atoms with E-state index < -0.39 is 0 Å². The summed E-state index contributed by atoms with van der Waals surface area (Å²) in [4.78, 5) is 0. The Morgan fingerprint density at radius 1 is 1.69 bits per heavy atom. The first kappa shape index (κ1) is 11.6. The fourth-order valence-electron chi connectivity index (χ4n) is 2.50. The van der Waals surface area contributed by atoms with E-state index in [1.807, 2.05) is 17.9 Å². The summed E-state index contributed by atoms with van der Waals surface area (Å²) in [5.41, 5.74) is 1.25. The summed E-state index contributed by atoms with van der Waals surface area (Å²) in [6, 6.07) is 2.46. The molecule has 0 aromatic carbocycles. The number of nitrogens with zero attached hydrogens (tertiary/aromatic N) is 2. The predicted octanol–water partition coefficient (Wildman–Crippen LogP) is 1.50. The Kier molecular flexibility index (Phi) is 3.61. The molecule has 1 aromatic heterocycles. The quantitative estimate of drug-likeness (QED) is 0.840. The largest absolute Gasteiger partial charge is 0.378 e. The zero-order chi connectivity index (χ0) is 11.5. The van der Waals surface area contributed by atoms with Gasteiger partial charge in [-0.25, -0.2) is 0 Å². The van der Waals surface area contributed by atoms with Crippen molar-refractivity contribution in [3.63, 3.8) is 0 Å². The van der Waals surface area contributed by atoms with Crippen molar-refractivity contribution in [2.45, 2.75) is 32.4 Å². The van der Waals surface area contributed by atoms with Crippen LogP contribution >= 0.6 is 0 Å². The molecule has 1 fully saturated rings. The summed E-state index contributed by atoms with van der Waals surface area (Å²) in [6.45, 7) is 6.11. The molecule has 3 atom stereocenters. The molecule has 16 heavy (non-hydrogen) atoms. The molecule has 3 unspecified atom stereocenters. The number of hydrogen-bond donors (Lipinski definition) is 1. The second-order valence-electron chi connectivity index (χ2n) is 4.55. The Morgan fingerprint density at radius 2 is 2.50 bits per heavy atom. The summed E-state index contributed by atoms with van der Waals surface area (Å²) in [5, 5.41) is 7.79. The van der Waals surface area contributed by atoms with Crippen LogP contribution < -0.4 is 5.32 Å². The van der Waals surface area contributed by atoms with E-state index >= 15 is 0 Å². The van der Waals surface area contributed by atoms with Crippen LogP contribution in [0.4, 0.5) is 0 Å². The molecule has 1 aromatic rings. The minimum atomic E-state index is 0.363. The second-order valence-corrected chi connectivity index (χ2v) is 4.55. The molecule has 1 saturated heterocycles. The molecule has 4 nitrogen and oxygen atoms in total. The average molecular weight is 223 g/mol. The van der Waals surface area contributed by atoms with Gasteiger partial charge in [0.25, 0.3) is 0 Å². The van der Waals surface area contributed by atoms with Gasteiger partial charge < -0.3 is 10.1 Å². The second kappa shape index (κ2) is 4.97. The highest BCUT2D eigenvalue weighted by molar-refractivity contribution is 5.09. The van der Waals surface area contributed by atoms with Crippen molar-refractivity contribution in [2.75, 3.05) is 13.2 Å². The van der Waals surface area contributed by atoms with Crippen LogP contribution in [0.5, 0.6) is 0 Å². The number of nitrogens with one attached hydrogen (secondary N) is 1. The van der Waals surface area contributed by atoms with Crippen LogP contribution in [-0.2, 0) is 11.8 Å². The number of hydrogen-bond acceptors (Lipinski definition) is 3. The van der Waals surface area contributed by atoms with Gasteiger partial charge in [0.05, 0.1) is 24.4 Å². The maximum Gasteiger partial charge on any atom is 0.0554 e. The average Bonchev–Trinajstić information content (AvgIpc) is 2.84. The molecule has 0 aliphatic carbocycles. The first-order chi connectivity index (χ1) is 7.72. The van der Waals surface area contributed by atoms with Gasteiger partial charge in [0.2, 0.25) is 0 Å². The Balaban J connectivity index is 2.14. The summed E-state index contributed by atoms with van der Waals surface area (Å²) < 4.78 is 7.62. The van der Waals surface area contributed by atoms with Crippen molar-refractivity contribution in [1.29, 1.82) is 0 Å². The Bertz CT molecular complexity index is 337. The van der Waals surface area contributed by atoms with Gasteiger partial charge in [-0.3, -0.25) is 4.68 Å². The summed E-state index contributed by atoms with van der Waals surface area (Å²) >= 11 is 0. The van der Waals surface area contributed by atoms with Crippen molar-refractivity contribution in [3.05, 3.63) is 18.0 Å². The van der Waals surface area contributed by atoms with E-state index in [1.165, 1.54) is 5.69 Å². The lowest BCUT2D eigenvalue weighted by Gasteiger charge is -2.23. The monoisotopic (exact) mass is 223 g/mol. The van der Waals surface area contributed by atoms with Gasteiger partial charge in [0.15, 0.2) is 0 Å². The summed E-state index contributed by atoms with van der Waals surface area (Å²) in [7, 11) is 2.00. The van der Waals surface area contributed by atoms with Gasteiger partial charge in [-0.1, -0.05) is 6.92 Å². The number of aromatic nitrogens is 2. The standard InChI is InChI=1S/C12H21N3O/c1-4-13-12(10-7-9(2)16-8-10)11-5-6-14-15(11)3/h5-6,9-10,12-13H,4,7-8H2,1-3H3. The lowest BCUT2D eigenvalue weighted by molar-refractivity contribution is 0.116. The molecule has 0 saturated carbocycles. The Hall–Kier alpha value is -0.870. The highest BCUT2D eigenvalue weighted by Crippen LogP contribution is 2.31. The van der Waals surface area contributed by atoms with Crippen LogP contribution in [0.25, 0.3) is 0 Å². The van der Waals surface area contributed by atoms with Gasteiger partial charge >= 0.3 is 0 Å². The highest BCUT2D eigenvalue weighted by Gasteiger charge is 2.31. The van der Waals surface area contributed by atoms with Gasteiger partial charge in [-0.2, -0.15) is 5.10 Å².